The largest absolute Gasteiger partial charge is 0.340 e. The average molecular weight is 455 g/mol. The van der Waals surface area contributed by atoms with Crippen LogP contribution in [0.2, 0.25) is 0 Å². The van der Waals surface area contributed by atoms with Crippen LogP contribution in [0.1, 0.15) is 56.5 Å². The smallest absolute Gasteiger partial charge is 0.276 e. The molecule has 0 spiro atoms. The van der Waals surface area contributed by atoms with Gasteiger partial charge in [0.15, 0.2) is 5.82 Å². The lowest BCUT2D eigenvalue weighted by Gasteiger charge is -2.20. The number of hydrogen-bond donors (Lipinski definition) is 2. The van der Waals surface area contributed by atoms with Crippen molar-refractivity contribution >= 4 is 22.4 Å². The van der Waals surface area contributed by atoms with Crippen molar-refractivity contribution in [2.24, 2.45) is 0 Å². The Kier molecular flexibility index (Phi) is 4.85. The van der Waals surface area contributed by atoms with E-state index in [1.165, 1.54) is 11.1 Å². The lowest BCUT2D eigenvalue weighted by atomic mass is 9.92. The van der Waals surface area contributed by atoms with Gasteiger partial charge in [-0.25, -0.2) is 19.3 Å². The molecule has 1 aliphatic carbocycles. The summed E-state index contributed by atoms with van der Waals surface area (Å²) in [6.45, 7) is 8.37. The van der Waals surface area contributed by atoms with Crippen LogP contribution in [0.15, 0.2) is 53.5 Å². The SMILES string of the molecule is CC(C)(C)c1cccc(-n2c3cc(Nc4ccc5c(c4)CNCC5)ncc3c(=O)n2C2CC2)n1. The first-order chi connectivity index (χ1) is 16.4. The molecule has 2 N–H and O–H groups in total. The van der Waals surface area contributed by atoms with Crippen LogP contribution in [-0.2, 0) is 18.4 Å². The fourth-order valence-corrected chi connectivity index (χ4v) is 4.73. The lowest BCUT2D eigenvalue weighted by molar-refractivity contribution is 0.539. The molecule has 3 aromatic heterocycles. The minimum atomic E-state index is -0.0841. The van der Waals surface area contributed by atoms with Crippen molar-refractivity contribution in [2.45, 2.75) is 58.0 Å². The Labute approximate surface area is 198 Å². The van der Waals surface area contributed by atoms with E-state index in [9.17, 15) is 4.79 Å². The van der Waals surface area contributed by atoms with Gasteiger partial charge in [-0.3, -0.25) is 4.79 Å². The summed E-state index contributed by atoms with van der Waals surface area (Å²) >= 11 is 0. The fraction of sp³-hybridized carbons (Fsp3) is 0.370. The second kappa shape index (κ2) is 7.81. The minimum Gasteiger partial charge on any atom is -0.340 e. The fourth-order valence-electron chi connectivity index (χ4n) is 4.73. The van der Waals surface area contributed by atoms with Gasteiger partial charge in [0.05, 0.1) is 16.9 Å². The van der Waals surface area contributed by atoms with E-state index in [1.54, 1.807) is 6.20 Å². The summed E-state index contributed by atoms with van der Waals surface area (Å²) in [6, 6.07) is 14.7. The molecule has 0 radical (unpaired) electrons. The van der Waals surface area contributed by atoms with E-state index in [0.717, 1.165) is 55.1 Å². The molecule has 2 aliphatic rings. The molecule has 6 rings (SSSR count). The molecule has 1 aliphatic heterocycles. The van der Waals surface area contributed by atoms with E-state index in [4.69, 9.17) is 4.98 Å². The predicted molar refractivity (Wildman–Crippen MR) is 135 cm³/mol. The van der Waals surface area contributed by atoms with Crippen molar-refractivity contribution in [3.8, 4) is 5.82 Å². The summed E-state index contributed by atoms with van der Waals surface area (Å²) in [5, 5.41) is 7.50. The van der Waals surface area contributed by atoms with Crippen LogP contribution >= 0.6 is 0 Å². The zero-order valence-electron chi connectivity index (χ0n) is 19.9. The normalized spacial score (nSPS) is 16.0. The summed E-state index contributed by atoms with van der Waals surface area (Å²) < 4.78 is 3.86. The van der Waals surface area contributed by atoms with E-state index in [1.807, 2.05) is 33.6 Å². The third-order valence-corrected chi connectivity index (χ3v) is 6.74. The van der Waals surface area contributed by atoms with Gasteiger partial charge in [-0.1, -0.05) is 32.9 Å². The zero-order chi connectivity index (χ0) is 23.4. The number of fused-ring (bicyclic) bond motifs is 2. The highest BCUT2D eigenvalue weighted by Gasteiger charge is 2.31. The highest BCUT2D eigenvalue weighted by molar-refractivity contribution is 5.82. The van der Waals surface area contributed by atoms with Crippen molar-refractivity contribution in [2.75, 3.05) is 11.9 Å². The molecular weight excluding hydrogens is 424 g/mol. The number of anilines is 2. The number of pyridine rings is 2. The summed E-state index contributed by atoms with van der Waals surface area (Å²) in [4.78, 5) is 22.9. The Morgan fingerprint density at radius 3 is 2.74 bits per heavy atom. The first kappa shape index (κ1) is 21.1. The molecule has 0 saturated heterocycles. The van der Waals surface area contributed by atoms with Gasteiger partial charge in [0.25, 0.3) is 5.56 Å². The molecule has 1 saturated carbocycles. The van der Waals surface area contributed by atoms with Gasteiger partial charge in [-0.15, -0.1) is 0 Å². The van der Waals surface area contributed by atoms with Gasteiger partial charge in [-0.2, -0.15) is 0 Å². The number of benzene rings is 1. The van der Waals surface area contributed by atoms with Crippen LogP contribution in [0.25, 0.3) is 16.7 Å². The molecule has 7 heteroatoms. The number of nitrogens with zero attached hydrogens (tertiary/aromatic N) is 4. The number of aromatic nitrogens is 4. The number of hydrogen-bond acceptors (Lipinski definition) is 5. The van der Waals surface area contributed by atoms with Crippen LogP contribution in [0.5, 0.6) is 0 Å². The van der Waals surface area contributed by atoms with Gasteiger partial charge >= 0.3 is 0 Å². The van der Waals surface area contributed by atoms with Gasteiger partial charge in [0.2, 0.25) is 0 Å². The van der Waals surface area contributed by atoms with Gasteiger partial charge < -0.3 is 10.6 Å². The monoisotopic (exact) mass is 454 g/mol. The molecule has 1 aromatic carbocycles. The predicted octanol–water partition coefficient (Wildman–Crippen LogP) is 4.60. The summed E-state index contributed by atoms with van der Waals surface area (Å²) in [5.74, 6) is 1.48. The third-order valence-electron chi connectivity index (χ3n) is 6.74. The maximum absolute atomic E-state index is 13.4. The van der Waals surface area contributed by atoms with E-state index >= 15 is 0 Å². The molecule has 174 valence electrons. The Bertz CT molecular complexity index is 1450. The molecule has 0 bridgehead atoms. The molecule has 1 fully saturated rings. The summed E-state index contributed by atoms with van der Waals surface area (Å²) in [5.41, 5.74) is 5.45. The molecule has 4 aromatic rings. The summed E-state index contributed by atoms with van der Waals surface area (Å²) in [7, 11) is 0. The average Bonchev–Trinajstić information content (AvgIpc) is 3.62. The maximum atomic E-state index is 13.4. The van der Waals surface area contributed by atoms with Crippen LogP contribution in [-0.4, -0.2) is 25.9 Å². The van der Waals surface area contributed by atoms with Crippen LogP contribution in [0.3, 0.4) is 0 Å². The van der Waals surface area contributed by atoms with Crippen molar-refractivity contribution in [1.29, 1.82) is 0 Å². The van der Waals surface area contributed by atoms with E-state index in [-0.39, 0.29) is 17.0 Å². The second-order valence-corrected chi connectivity index (χ2v) is 10.4. The topological polar surface area (TPSA) is 76.8 Å². The van der Waals surface area contributed by atoms with Gasteiger partial charge in [0, 0.05) is 35.6 Å². The Hall–Kier alpha value is -3.45. The highest BCUT2D eigenvalue weighted by atomic mass is 16.1. The highest BCUT2D eigenvalue weighted by Crippen LogP contribution is 2.36. The van der Waals surface area contributed by atoms with E-state index in [2.05, 4.69) is 54.6 Å². The third kappa shape index (κ3) is 3.70. The van der Waals surface area contributed by atoms with E-state index < -0.39 is 0 Å². The molecular formula is C27H30N6O. The number of rotatable bonds is 4. The first-order valence-corrected chi connectivity index (χ1v) is 12.1. The Morgan fingerprint density at radius 2 is 1.94 bits per heavy atom. The van der Waals surface area contributed by atoms with Crippen LogP contribution < -0.4 is 16.2 Å². The maximum Gasteiger partial charge on any atom is 0.276 e. The van der Waals surface area contributed by atoms with Crippen molar-refractivity contribution in [1.82, 2.24) is 24.6 Å². The van der Waals surface area contributed by atoms with Crippen molar-refractivity contribution in [3.05, 3.63) is 75.8 Å². The Balaban J connectivity index is 1.46. The molecule has 0 atom stereocenters. The second-order valence-electron chi connectivity index (χ2n) is 10.4. The van der Waals surface area contributed by atoms with Gasteiger partial charge in [0.1, 0.15) is 5.82 Å². The Morgan fingerprint density at radius 1 is 1.09 bits per heavy atom. The number of nitrogens with one attached hydrogen (secondary N) is 2. The minimum absolute atomic E-state index is 0.000586. The molecule has 4 heterocycles. The van der Waals surface area contributed by atoms with Crippen molar-refractivity contribution < 1.29 is 0 Å². The van der Waals surface area contributed by atoms with Crippen LogP contribution in [0, 0.1) is 0 Å². The molecule has 7 nitrogen and oxygen atoms in total. The first-order valence-electron chi connectivity index (χ1n) is 12.1. The van der Waals surface area contributed by atoms with Crippen molar-refractivity contribution in [3.63, 3.8) is 0 Å². The summed E-state index contributed by atoms with van der Waals surface area (Å²) in [6.07, 6.45) is 4.78. The molecule has 0 amide bonds. The molecule has 0 unspecified atom stereocenters. The molecule has 34 heavy (non-hydrogen) atoms. The quantitative estimate of drug-likeness (QED) is 0.471. The lowest BCUT2D eigenvalue weighted by Crippen LogP contribution is -2.23. The zero-order valence-corrected chi connectivity index (χ0v) is 19.9. The standard InChI is InChI=1S/C27H30N6O/c1-27(2,3)23-5-4-6-25(31-23)33-22-14-24(29-16-21(22)26(34)32(33)20-9-10-20)30-19-8-7-17-11-12-28-15-18(17)13-19/h4-8,13-14,16,20,28H,9-12,15H2,1-3H3,(H,29,30). The van der Waals surface area contributed by atoms with Crippen LogP contribution in [0.4, 0.5) is 11.5 Å². The van der Waals surface area contributed by atoms with Gasteiger partial charge in [-0.05, 0) is 61.2 Å². The van der Waals surface area contributed by atoms with E-state index in [0.29, 0.717) is 11.2 Å².